The number of rotatable bonds is 2. The molecule has 4 rings (SSSR count). The Kier molecular flexibility index (Phi) is 3.15. The van der Waals surface area contributed by atoms with Crippen LogP contribution in [0.4, 0.5) is 5.82 Å². The summed E-state index contributed by atoms with van der Waals surface area (Å²) in [4.78, 5) is 12.0. The zero-order chi connectivity index (χ0) is 13.6. The van der Waals surface area contributed by atoms with E-state index in [1.54, 1.807) is 11.8 Å². The summed E-state index contributed by atoms with van der Waals surface area (Å²) in [7, 11) is 0. The molecule has 20 heavy (non-hydrogen) atoms. The molecular weight excluding hydrogens is 268 g/mol. The second-order valence-electron chi connectivity index (χ2n) is 6.34. The van der Waals surface area contributed by atoms with Crippen LogP contribution in [0.1, 0.15) is 37.7 Å². The van der Waals surface area contributed by atoms with Crippen LogP contribution in [0.5, 0.6) is 0 Å². The molecule has 1 atom stereocenters. The summed E-state index contributed by atoms with van der Waals surface area (Å²) >= 11 is 1.65. The Hall–Kier alpha value is -0.810. The summed E-state index contributed by atoms with van der Waals surface area (Å²) in [5, 5.41) is 4.49. The molecule has 2 aliphatic heterocycles. The number of hydrogen-bond acceptors (Lipinski definition) is 5. The molecule has 3 heterocycles. The largest absolute Gasteiger partial charge is 0.346 e. The van der Waals surface area contributed by atoms with Crippen LogP contribution >= 0.6 is 11.8 Å². The summed E-state index contributed by atoms with van der Waals surface area (Å²) in [6, 6.07) is 0.695. The van der Waals surface area contributed by atoms with Crippen molar-refractivity contribution in [2.75, 3.05) is 24.2 Å². The monoisotopic (exact) mass is 290 g/mol. The van der Waals surface area contributed by atoms with E-state index in [1.165, 1.54) is 43.5 Å². The van der Waals surface area contributed by atoms with Gasteiger partial charge in [0.05, 0.1) is 5.54 Å². The van der Waals surface area contributed by atoms with Crippen LogP contribution in [0.15, 0.2) is 11.4 Å². The number of aromatic nitrogens is 2. The van der Waals surface area contributed by atoms with Gasteiger partial charge >= 0.3 is 0 Å². The van der Waals surface area contributed by atoms with Crippen molar-refractivity contribution >= 4 is 17.6 Å². The van der Waals surface area contributed by atoms with E-state index in [0.29, 0.717) is 6.04 Å². The summed E-state index contributed by atoms with van der Waals surface area (Å²) in [6.45, 7) is 2.24. The predicted octanol–water partition coefficient (Wildman–Crippen LogP) is 2.24. The van der Waals surface area contributed by atoms with E-state index < -0.39 is 0 Å². The normalized spacial score (nSPS) is 29.6. The molecule has 1 saturated heterocycles. The van der Waals surface area contributed by atoms with Crippen LogP contribution in [0.3, 0.4) is 0 Å². The lowest BCUT2D eigenvalue weighted by Crippen LogP contribution is -2.53. The number of fused-ring (bicyclic) bond motifs is 1. The Bertz CT molecular complexity index is 507. The summed E-state index contributed by atoms with van der Waals surface area (Å²) in [6.07, 6.45) is 11.9. The fourth-order valence-corrected chi connectivity index (χ4v) is 4.62. The summed E-state index contributed by atoms with van der Waals surface area (Å²) in [5.41, 5.74) is 1.64. The zero-order valence-corrected chi connectivity index (χ0v) is 12.9. The molecule has 108 valence electrons. The second-order valence-corrected chi connectivity index (χ2v) is 7.12. The standard InChI is InChI=1S/C15H22N4S/c1-20-14-17-9-11-8-15(6-7-16-10-15)19(13(11)18-14)12-4-2-3-5-12/h9,12,16H,2-8,10H2,1H3. The van der Waals surface area contributed by atoms with Crippen LogP contribution in [0, 0.1) is 0 Å². The molecule has 3 aliphatic rings. The van der Waals surface area contributed by atoms with E-state index in [0.717, 1.165) is 24.7 Å². The summed E-state index contributed by atoms with van der Waals surface area (Å²) < 4.78 is 0. The van der Waals surface area contributed by atoms with Gasteiger partial charge in [0.25, 0.3) is 0 Å². The minimum atomic E-state index is 0.281. The minimum Gasteiger partial charge on any atom is -0.346 e. The summed E-state index contributed by atoms with van der Waals surface area (Å²) in [5.74, 6) is 1.24. The zero-order valence-electron chi connectivity index (χ0n) is 12.1. The van der Waals surface area contributed by atoms with E-state index in [1.807, 2.05) is 0 Å². The van der Waals surface area contributed by atoms with Gasteiger partial charge in [-0.1, -0.05) is 24.6 Å². The number of nitrogens with one attached hydrogen (secondary N) is 1. The molecule has 1 N–H and O–H groups in total. The predicted molar refractivity (Wildman–Crippen MR) is 82.5 cm³/mol. The Morgan fingerprint density at radius 2 is 2.25 bits per heavy atom. The van der Waals surface area contributed by atoms with Crippen LogP contribution < -0.4 is 10.2 Å². The number of anilines is 1. The molecule has 2 fully saturated rings. The third-order valence-corrected chi connectivity index (χ3v) is 5.73. The van der Waals surface area contributed by atoms with Crippen LogP contribution in [0.25, 0.3) is 0 Å². The Morgan fingerprint density at radius 3 is 2.95 bits per heavy atom. The maximum absolute atomic E-state index is 4.87. The Labute approximate surface area is 124 Å². The van der Waals surface area contributed by atoms with E-state index in [2.05, 4.69) is 27.7 Å². The molecule has 0 bridgehead atoms. The smallest absolute Gasteiger partial charge is 0.189 e. The van der Waals surface area contributed by atoms with Crippen molar-refractivity contribution in [1.82, 2.24) is 15.3 Å². The molecule has 1 aromatic rings. The van der Waals surface area contributed by atoms with Gasteiger partial charge in [-0.25, -0.2) is 9.97 Å². The molecule has 1 aromatic heterocycles. The minimum absolute atomic E-state index is 0.281. The van der Waals surface area contributed by atoms with Crippen molar-refractivity contribution in [2.45, 2.75) is 55.3 Å². The van der Waals surface area contributed by atoms with Gasteiger partial charge in [0.2, 0.25) is 0 Å². The first-order chi connectivity index (χ1) is 9.82. The number of nitrogens with zero attached hydrogens (tertiary/aromatic N) is 3. The SMILES string of the molecule is CSc1ncc2c(n1)N(C1CCCC1)C1(CCNC1)C2. The van der Waals surface area contributed by atoms with Crippen LogP contribution in [-0.2, 0) is 6.42 Å². The van der Waals surface area contributed by atoms with Gasteiger partial charge in [-0.3, -0.25) is 0 Å². The topological polar surface area (TPSA) is 41.1 Å². The average Bonchev–Trinajstić information content (AvgIpc) is 3.18. The van der Waals surface area contributed by atoms with Gasteiger partial charge in [0.1, 0.15) is 5.82 Å². The van der Waals surface area contributed by atoms with Gasteiger partial charge in [0.15, 0.2) is 5.16 Å². The van der Waals surface area contributed by atoms with Gasteiger partial charge in [0, 0.05) is 30.8 Å². The second kappa shape index (κ2) is 4.88. The van der Waals surface area contributed by atoms with Gasteiger partial charge in [-0.05, 0) is 32.1 Å². The fraction of sp³-hybridized carbons (Fsp3) is 0.733. The first-order valence-electron chi connectivity index (χ1n) is 7.72. The molecular formula is C15H22N4S. The van der Waals surface area contributed by atoms with E-state index in [-0.39, 0.29) is 5.54 Å². The third-order valence-electron chi connectivity index (χ3n) is 5.17. The van der Waals surface area contributed by atoms with Crippen LogP contribution in [-0.4, -0.2) is 40.9 Å². The lowest BCUT2D eigenvalue weighted by molar-refractivity contribution is 0.394. The van der Waals surface area contributed by atoms with Crippen molar-refractivity contribution in [2.24, 2.45) is 0 Å². The maximum Gasteiger partial charge on any atom is 0.189 e. The lowest BCUT2D eigenvalue weighted by atomic mass is 9.92. The highest BCUT2D eigenvalue weighted by atomic mass is 32.2. The highest BCUT2D eigenvalue weighted by Gasteiger charge is 2.49. The van der Waals surface area contributed by atoms with Gasteiger partial charge in [-0.2, -0.15) is 0 Å². The average molecular weight is 290 g/mol. The quantitative estimate of drug-likeness (QED) is 0.668. The van der Waals surface area contributed by atoms with E-state index in [9.17, 15) is 0 Å². The molecule has 0 aromatic carbocycles. The van der Waals surface area contributed by atoms with Crippen molar-refractivity contribution < 1.29 is 0 Å². The maximum atomic E-state index is 4.87. The Morgan fingerprint density at radius 1 is 1.40 bits per heavy atom. The molecule has 1 saturated carbocycles. The van der Waals surface area contributed by atoms with Crippen molar-refractivity contribution in [3.05, 3.63) is 11.8 Å². The van der Waals surface area contributed by atoms with E-state index >= 15 is 0 Å². The number of hydrogen-bond donors (Lipinski definition) is 1. The molecule has 1 spiro atoms. The molecule has 0 radical (unpaired) electrons. The molecule has 0 amide bonds. The fourth-order valence-electron chi connectivity index (χ4n) is 4.29. The van der Waals surface area contributed by atoms with Gasteiger partial charge < -0.3 is 10.2 Å². The first-order valence-corrected chi connectivity index (χ1v) is 8.95. The third kappa shape index (κ3) is 1.86. The van der Waals surface area contributed by atoms with Crippen molar-refractivity contribution in [3.8, 4) is 0 Å². The highest BCUT2D eigenvalue weighted by molar-refractivity contribution is 7.98. The van der Waals surface area contributed by atoms with Crippen LogP contribution in [0.2, 0.25) is 0 Å². The van der Waals surface area contributed by atoms with Crippen molar-refractivity contribution in [3.63, 3.8) is 0 Å². The molecule has 1 unspecified atom stereocenters. The molecule has 1 aliphatic carbocycles. The Balaban J connectivity index is 1.77. The molecule has 4 nitrogen and oxygen atoms in total. The first kappa shape index (κ1) is 12.9. The van der Waals surface area contributed by atoms with Gasteiger partial charge in [-0.15, -0.1) is 0 Å². The highest BCUT2D eigenvalue weighted by Crippen LogP contribution is 2.45. The van der Waals surface area contributed by atoms with Crippen molar-refractivity contribution in [1.29, 1.82) is 0 Å². The lowest BCUT2D eigenvalue weighted by Gasteiger charge is -2.40. The van der Waals surface area contributed by atoms with E-state index in [4.69, 9.17) is 4.98 Å². The molecule has 5 heteroatoms. The number of thioether (sulfide) groups is 1.